The van der Waals surface area contributed by atoms with Gasteiger partial charge in [-0.1, -0.05) is 0 Å². The Hall–Kier alpha value is -0.100. The van der Waals surface area contributed by atoms with Crippen LogP contribution in [-0.4, -0.2) is 27.9 Å². The maximum absolute atomic E-state index is 4.11. The summed E-state index contributed by atoms with van der Waals surface area (Å²) >= 11 is 1.25. The van der Waals surface area contributed by atoms with Crippen LogP contribution in [0.3, 0.4) is 0 Å². The Kier molecular flexibility index (Phi) is 7.17. The molecule has 1 aromatic rings. The number of aromatic nitrogens is 2. The van der Waals surface area contributed by atoms with Gasteiger partial charge in [0, 0.05) is 6.04 Å². The van der Waals surface area contributed by atoms with Crippen LogP contribution in [0.2, 0.25) is 0 Å². The van der Waals surface area contributed by atoms with Crippen molar-refractivity contribution >= 4 is 42.4 Å². The molecule has 0 aliphatic carbocycles. The zero-order chi connectivity index (χ0) is 8.23. The summed E-state index contributed by atoms with van der Waals surface area (Å²) in [6.45, 7) is 2.21. The summed E-state index contributed by atoms with van der Waals surface area (Å²) in [5.41, 5.74) is 0. The Morgan fingerprint density at radius 1 is 1.36 bits per heavy atom. The van der Waals surface area contributed by atoms with Gasteiger partial charge >= 0.3 is 0 Å². The number of hydrogen-bond donors (Lipinski definition) is 2. The van der Waals surface area contributed by atoms with Crippen LogP contribution >= 0.6 is 36.5 Å². The van der Waals surface area contributed by atoms with Gasteiger partial charge in [0.2, 0.25) is 0 Å². The normalized spacial score (nSPS) is 16.6. The molecule has 2 N–H and O–H groups in total. The maximum Gasteiger partial charge on any atom is 0.160 e. The first-order valence-corrected chi connectivity index (χ1v) is 4.93. The second kappa shape index (κ2) is 7.23. The van der Waals surface area contributed by atoms with E-state index in [9.17, 15) is 0 Å². The molecule has 0 aromatic carbocycles. The van der Waals surface area contributed by atoms with E-state index in [1.54, 1.807) is 6.20 Å². The summed E-state index contributed by atoms with van der Waals surface area (Å²) in [6.07, 6.45) is 4.14. The largest absolute Gasteiger partial charge is 0.365 e. The van der Waals surface area contributed by atoms with Crippen molar-refractivity contribution in [2.24, 2.45) is 0 Å². The molecular formula is C7H14Cl2N4S. The van der Waals surface area contributed by atoms with Gasteiger partial charge in [0.15, 0.2) is 5.82 Å². The van der Waals surface area contributed by atoms with Gasteiger partial charge < -0.3 is 10.6 Å². The monoisotopic (exact) mass is 256 g/mol. The highest BCUT2D eigenvalue weighted by Gasteiger charge is 2.12. The molecule has 0 unspecified atom stereocenters. The van der Waals surface area contributed by atoms with E-state index in [1.807, 2.05) is 0 Å². The number of anilines is 1. The first-order valence-electron chi connectivity index (χ1n) is 4.20. The molecular weight excluding hydrogens is 243 g/mol. The van der Waals surface area contributed by atoms with Crippen LogP contribution in [0.4, 0.5) is 5.82 Å². The zero-order valence-corrected chi connectivity index (χ0v) is 10.1. The number of hydrogen-bond acceptors (Lipinski definition) is 5. The highest BCUT2D eigenvalue weighted by atomic mass is 35.5. The molecule has 0 bridgehead atoms. The third-order valence-electron chi connectivity index (χ3n) is 2.05. The highest BCUT2D eigenvalue weighted by molar-refractivity contribution is 6.99. The van der Waals surface area contributed by atoms with Crippen molar-refractivity contribution in [1.29, 1.82) is 0 Å². The van der Waals surface area contributed by atoms with Gasteiger partial charge in [-0.25, -0.2) is 0 Å². The molecule has 0 amide bonds. The quantitative estimate of drug-likeness (QED) is 0.844. The van der Waals surface area contributed by atoms with E-state index in [4.69, 9.17) is 0 Å². The number of halogens is 2. The van der Waals surface area contributed by atoms with Gasteiger partial charge in [-0.3, -0.25) is 0 Å². The van der Waals surface area contributed by atoms with Crippen molar-refractivity contribution in [3.05, 3.63) is 6.20 Å². The van der Waals surface area contributed by atoms with Crippen molar-refractivity contribution in [2.75, 3.05) is 18.4 Å². The Labute approximate surface area is 100 Å². The molecule has 1 aliphatic rings. The van der Waals surface area contributed by atoms with Crippen LogP contribution in [0.1, 0.15) is 12.8 Å². The molecule has 1 aliphatic heterocycles. The van der Waals surface area contributed by atoms with E-state index in [1.165, 1.54) is 24.6 Å². The molecule has 0 saturated carbocycles. The van der Waals surface area contributed by atoms with Crippen LogP contribution in [-0.2, 0) is 0 Å². The first-order chi connectivity index (χ1) is 5.95. The fourth-order valence-corrected chi connectivity index (χ4v) is 1.79. The minimum atomic E-state index is 0. The number of rotatable bonds is 2. The second-order valence-corrected chi connectivity index (χ2v) is 3.52. The third-order valence-corrected chi connectivity index (χ3v) is 2.53. The highest BCUT2D eigenvalue weighted by Crippen LogP contribution is 2.10. The standard InChI is InChI=1S/C7H12N4S.2ClH/c1-3-8-4-2-6(1)10-7-5-9-12-11-7;;/h5-6,8H,1-4H2,(H,10,11);2*1H. The van der Waals surface area contributed by atoms with Crippen molar-refractivity contribution in [1.82, 2.24) is 14.1 Å². The second-order valence-electron chi connectivity index (χ2n) is 2.96. The lowest BCUT2D eigenvalue weighted by Gasteiger charge is -2.23. The van der Waals surface area contributed by atoms with Gasteiger partial charge in [0.05, 0.1) is 17.9 Å². The molecule has 1 fully saturated rings. The number of nitrogens with zero attached hydrogens (tertiary/aromatic N) is 2. The lowest BCUT2D eigenvalue weighted by Crippen LogP contribution is -2.35. The molecule has 14 heavy (non-hydrogen) atoms. The Morgan fingerprint density at radius 3 is 2.64 bits per heavy atom. The number of nitrogens with one attached hydrogen (secondary N) is 2. The van der Waals surface area contributed by atoms with E-state index >= 15 is 0 Å². The summed E-state index contributed by atoms with van der Waals surface area (Å²) in [4.78, 5) is 0. The van der Waals surface area contributed by atoms with Gasteiger partial charge in [0.25, 0.3) is 0 Å². The van der Waals surface area contributed by atoms with Gasteiger partial charge in [-0.2, -0.15) is 8.75 Å². The summed E-state index contributed by atoms with van der Waals surface area (Å²) in [7, 11) is 0. The average Bonchev–Trinajstić information content (AvgIpc) is 2.59. The zero-order valence-electron chi connectivity index (χ0n) is 7.60. The van der Waals surface area contributed by atoms with Gasteiger partial charge in [-0.05, 0) is 25.9 Å². The average molecular weight is 257 g/mol. The fraction of sp³-hybridized carbons (Fsp3) is 0.714. The summed E-state index contributed by atoms with van der Waals surface area (Å²) < 4.78 is 8.05. The van der Waals surface area contributed by atoms with E-state index in [0.29, 0.717) is 6.04 Å². The van der Waals surface area contributed by atoms with E-state index in [2.05, 4.69) is 19.4 Å². The SMILES string of the molecule is Cl.Cl.c1nsnc1NC1CCNCC1. The smallest absolute Gasteiger partial charge is 0.160 e. The minimum absolute atomic E-state index is 0. The predicted octanol–water partition coefficient (Wildman–Crippen LogP) is 1.55. The molecule has 7 heteroatoms. The molecule has 2 rings (SSSR count). The van der Waals surface area contributed by atoms with Gasteiger partial charge in [-0.15, -0.1) is 24.8 Å². The van der Waals surface area contributed by atoms with Crippen molar-refractivity contribution in [3.63, 3.8) is 0 Å². The molecule has 1 aromatic heterocycles. The lowest BCUT2D eigenvalue weighted by atomic mass is 10.1. The summed E-state index contributed by atoms with van der Waals surface area (Å²) in [5, 5.41) is 6.68. The van der Waals surface area contributed by atoms with Crippen LogP contribution in [0, 0.1) is 0 Å². The topological polar surface area (TPSA) is 49.8 Å². The summed E-state index contributed by atoms with van der Waals surface area (Å²) in [6, 6.07) is 0.579. The lowest BCUT2D eigenvalue weighted by molar-refractivity contribution is 0.478. The Morgan fingerprint density at radius 2 is 2.07 bits per heavy atom. The van der Waals surface area contributed by atoms with E-state index in [0.717, 1.165) is 18.9 Å². The molecule has 0 radical (unpaired) electrons. The molecule has 82 valence electrons. The van der Waals surface area contributed by atoms with Crippen LogP contribution in [0.25, 0.3) is 0 Å². The van der Waals surface area contributed by atoms with Crippen LogP contribution < -0.4 is 10.6 Å². The van der Waals surface area contributed by atoms with Crippen molar-refractivity contribution in [2.45, 2.75) is 18.9 Å². The minimum Gasteiger partial charge on any atom is -0.365 e. The van der Waals surface area contributed by atoms with Crippen molar-refractivity contribution in [3.8, 4) is 0 Å². The van der Waals surface area contributed by atoms with Crippen LogP contribution in [0.5, 0.6) is 0 Å². The molecule has 2 heterocycles. The first kappa shape index (κ1) is 13.9. The molecule has 4 nitrogen and oxygen atoms in total. The summed E-state index contributed by atoms with van der Waals surface area (Å²) in [5.74, 6) is 0.923. The number of piperidine rings is 1. The molecule has 0 atom stereocenters. The Balaban J connectivity index is 0.000000845. The van der Waals surface area contributed by atoms with Crippen LogP contribution in [0.15, 0.2) is 6.20 Å². The third kappa shape index (κ3) is 3.96. The van der Waals surface area contributed by atoms with Gasteiger partial charge in [0.1, 0.15) is 0 Å². The van der Waals surface area contributed by atoms with E-state index in [-0.39, 0.29) is 24.8 Å². The van der Waals surface area contributed by atoms with Crippen molar-refractivity contribution < 1.29 is 0 Å². The fourth-order valence-electron chi connectivity index (χ4n) is 1.40. The molecule has 1 saturated heterocycles. The predicted molar refractivity (Wildman–Crippen MR) is 63.9 cm³/mol. The maximum atomic E-state index is 4.11. The molecule has 0 spiro atoms. The van der Waals surface area contributed by atoms with E-state index < -0.39 is 0 Å². The Bertz CT molecular complexity index is 226.